The first kappa shape index (κ1) is 14.3. The van der Waals surface area contributed by atoms with Gasteiger partial charge in [0, 0.05) is 32.9 Å². The number of hydrogen-bond donors (Lipinski definition) is 1. The van der Waals surface area contributed by atoms with Gasteiger partial charge in [-0.1, -0.05) is 13.0 Å². The van der Waals surface area contributed by atoms with Gasteiger partial charge in [-0.25, -0.2) is 4.98 Å². The van der Waals surface area contributed by atoms with Crippen molar-refractivity contribution in [2.45, 2.75) is 38.8 Å². The summed E-state index contributed by atoms with van der Waals surface area (Å²) in [4.78, 5) is 6.91. The van der Waals surface area contributed by atoms with E-state index in [-0.39, 0.29) is 5.60 Å². The zero-order valence-electron chi connectivity index (χ0n) is 12.3. The average Bonchev–Trinajstić information content (AvgIpc) is 2.46. The third kappa shape index (κ3) is 3.67. The number of anilines is 1. The van der Waals surface area contributed by atoms with Crippen molar-refractivity contribution in [2.75, 3.05) is 31.6 Å². The number of methoxy groups -OCH3 is 1. The number of hydrogen-bond acceptors (Lipinski definition) is 4. The first-order valence-electron chi connectivity index (χ1n) is 7.12. The van der Waals surface area contributed by atoms with Crippen LogP contribution in [0.15, 0.2) is 18.3 Å². The Morgan fingerprint density at radius 2 is 2.32 bits per heavy atom. The molecule has 1 aliphatic rings. The summed E-state index contributed by atoms with van der Waals surface area (Å²) in [6.07, 6.45) is 4.25. The van der Waals surface area contributed by atoms with E-state index in [1.165, 1.54) is 5.56 Å². The highest BCUT2D eigenvalue weighted by molar-refractivity contribution is 5.40. The highest BCUT2D eigenvalue weighted by atomic mass is 16.5. The van der Waals surface area contributed by atoms with Crippen LogP contribution in [0, 0.1) is 0 Å². The molecule has 1 aliphatic heterocycles. The van der Waals surface area contributed by atoms with Crippen LogP contribution in [-0.4, -0.2) is 37.3 Å². The zero-order chi connectivity index (χ0) is 13.7. The van der Waals surface area contributed by atoms with Gasteiger partial charge in [-0.3, -0.25) is 0 Å². The maximum absolute atomic E-state index is 5.63. The van der Waals surface area contributed by atoms with Gasteiger partial charge in [-0.05, 0) is 37.9 Å². The standard InChI is InChI=1S/C15H25N3O/c1-4-16-10-13-6-7-14(17-11-13)18-9-5-8-15(2,12-18)19-3/h6-7,11,16H,4-5,8-10,12H2,1-3H3. The van der Waals surface area contributed by atoms with Crippen molar-refractivity contribution in [1.29, 1.82) is 0 Å². The molecule has 0 saturated carbocycles. The van der Waals surface area contributed by atoms with Gasteiger partial charge in [0.25, 0.3) is 0 Å². The lowest BCUT2D eigenvalue weighted by Crippen LogP contribution is -2.47. The molecule has 1 aromatic rings. The van der Waals surface area contributed by atoms with Gasteiger partial charge in [0.1, 0.15) is 5.82 Å². The smallest absolute Gasteiger partial charge is 0.128 e. The Bertz CT molecular complexity index is 393. The maximum atomic E-state index is 5.63. The molecule has 2 rings (SSSR count). The molecule has 0 bridgehead atoms. The van der Waals surface area contributed by atoms with Gasteiger partial charge in [-0.2, -0.15) is 0 Å². The van der Waals surface area contributed by atoms with E-state index in [2.05, 4.69) is 41.2 Å². The number of pyridine rings is 1. The molecule has 0 radical (unpaired) electrons. The molecule has 4 nitrogen and oxygen atoms in total. The minimum absolute atomic E-state index is 0.0393. The molecule has 106 valence electrons. The van der Waals surface area contributed by atoms with Gasteiger partial charge in [0.05, 0.1) is 5.60 Å². The molecule has 1 N–H and O–H groups in total. The van der Waals surface area contributed by atoms with E-state index in [1.807, 2.05) is 6.20 Å². The van der Waals surface area contributed by atoms with Crippen molar-refractivity contribution in [3.05, 3.63) is 23.9 Å². The Morgan fingerprint density at radius 3 is 2.95 bits per heavy atom. The quantitative estimate of drug-likeness (QED) is 0.883. The summed E-state index contributed by atoms with van der Waals surface area (Å²) in [6.45, 7) is 8.15. The predicted molar refractivity (Wildman–Crippen MR) is 78.5 cm³/mol. The van der Waals surface area contributed by atoms with Crippen LogP contribution in [0.3, 0.4) is 0 Å². The summed E-state index contributed by atoms with van der Waals surface area (Å²) in [6, 6.07) is 4.28. The molecule has 1 saturated heterocycles. The normalized spacial score (nSPS) is 23.6. The molecule has 1 unspecified atom stereocenters. The van der Waals surface area contributed by atoms with Crippen molar-refractivity contribution >= 4 is 5.82 Å². The van der Waals surface area contributed by atoms with Gasteiger partial charge in [-0.15, -0.1) is 0 Å². The summed E-state index contributed by atoms with van der Waals surface area (Å²) in [5.41, 5.74) is 1.19. The van der Waals surface area contributed by atoms with E-state index < -0.39 is 0 Å². The molecule has 0 amide bonds. The Balaban J connectivity index is 2.01. The van der Waals surface area contributed by atoms with Gasteiger partial charge < -0.3 is 15.0 Å². The molecular weight excluding hydrogens is 238 g/mol. The van der Waals surface area contributed by atoms with Crippen LogP contribution in [0.25, 0.3) is 0 Å². The average molecular weight is 263 g/mol. The third-order valence-corrected chi connectivity index (χ3v) is 3.86. The molecule has 0 aromatic carbocycles. The summed E-state index contributed by atoms with van der Waals surface area (Å²) >= 11 is 0. The zero-order valence-corrected chi connectivity index (χ0v) is 12.3. The number of nitrogens with zero attached hydrogens (tertiary/aromatic N) is 2. The van der Waals surface area contributed by atoms with Crippen LogP contribution in [0.2, 0.25) is 0 Å². The lowest BCUT2D eigenvalue weighted by Gasteiger charge is -2.40. The second-order valence-corrected chi connectivity index (χ2v) is 5.48. The fourth-order valence-electron chi connectivity index (χ4n) is 2.55. The Kier molecular flexibility index (Phi) is 4.77. The highest BCUT2D eigenvalue weighted by Crippen LogP contribution is 2.26. The van der Waals surface area contributed by atoms with E-state index in [4.69, 9.17) is 4.74 Å². The second-order valence-electron chi connectivity index (χ2n) is 5.48. The van der Waals surface area contributed by atoms with Crippen molar-refractivity contribution in [3.63, 3.8) is 0 Å². The van der Waals surface area contributed by atoms with Crippen LogP contribution >= 0.6 is 0 Å². The van der Waals surface area contributed by atoms with Crippen molar-refractivity contribution in [2.24, 2.45) is 0 Å². The molecule has 0 aliphatic carbocycles. The van der Waals surface area contributed by atoms with Crippen molar-refractivity contribution < 1.29 is 4.74 Å². The molecule has 1 atom stereocenters. The Morgan fingerprint density at radius 1 is 1.47 bits per heavy atom. The topological polar surface area (TPSA) is 37.4 Å². The number of nitrogens with one attached hydrogen (secondary N) is 1. The van der Waals surface area contributed by atoms with Crippen LogP contribution < -0.4 is 10.2 Å². The van der Waals surface area contributed by atoms with Crippen LogP contribution in [0.5, 0.6) is 0 Å². The molecule has 1 aromatic heterocycles. The van der Waals surface area contributed by atoms with E-state index >= 15 is 0 Å². The van der Waals surface area contributed by atoms with E-state index in [9.17, 15) is 0 Å². The second kappa shape index (κ2) is 6.35. The first-order valence-corrected chi connectivity index (χ1v) is 7.12. The number of piperidine rings is 1. The van der Waals surface area contributed by atoms with E-state index in [0.29, 0.717) is 0 Å². The number of aromatic nitrogens is 1. The molecule has 0 spiro atoms. The van der Waals surface area contributed by atoms with Crippen LogP contribution in [0.1, 0.15) is 32.3 Å². The molecule has 1 fully saturated rings. The van der Waals surface area contributed by atoms with Crippen molar-refractivity contribution in [3.8, 4) is 0 Å². The fraction of sp³-hybridized carbons (Fsp3) is 0.667. The summed E-state index contributed by atoms with van der Waals surface area (Å²) in [5.74, 6) is 1.06. The fourth-order valence-corrected chi connectivity index (χ4v) is 2.55. The Labute approximate surface area is 116 Å². The highest BCUT2D eigenvalue weighted by Gasteiger charge is 2.31. The Hall–Kier alpha value is -1.13. The third-order valence-electron chi connectivity index (χ3n) is 3.86. The molecule has 4 heteroatoms. The molecular formula is C15H25N3O. The van der Waals surface area contributed by atoms with Gasteiger partial charge in [0.2, 0.25) is 0 Å². The largest absolute Gasteiger partial charge is 0.377 e. The SMILES string of the molecule is CCNCc1ccc(N2CCCC(C)(OC)C2)nc1. The summed E-state index contributed by atoms with van der Waals surface area (Å²) in [7, 11) is 1.80. The number of rotatable bonds is 5. The summed E-state index contributed by atoms with van der Waals surface area (Å²) < 4.78 is 5.63. The monoisotopic (exact) mass is 263 g/mol. The maximum Gasteiger partial charge on any atom is 0.128 e. The molecule has 19 heavy (non-hydrogen) atoms. The lowest BCUT2D eigenvalue weighted by atomic mass is 9.95. The van der Waals surface area contributed by atoms with E-state index in [0.717, 1.165) is 44.8 Å². The van der Waals surface area contributed by atoms with Crippen LogP contribution in [0.4, 0.5) is 5.82 Å². The van der Waals surface area contributed by atoms with Gasteiger partial charge in [0.15, 0.2) is 0 Å². The van der Waals surface area contributed by atoms with E-state index in [1.54, 1.807) is 7.11 Å². The van der Waals surface area contributed by atoms with Crippen LogP contribution in [-0.2, 0) is 11.3 Å². The molecule has 2 heterocycles. The predicted octanol–water partition coefficient (Wildman–Crippen LogP) is 2.20. The minimum Gasteiger partial charge on any atom is -0.377 e. The first-order chi connectivity index (χ1) is 9.17. The minimum atomic E-state index is -0.0393. The summed E-state index contributed by atoms with van der Waals surface area (Å²) in [5, 5.41) is 3.31. The number of ether oxygens (including phenoxy) is 1. The lowest BCUT2D eigenvalue weighted by molar-refractivity contribution is -0.00481. The van der Waals surface area contributed by atoms with Crippen molar-refractivity contribution in [1.82, 2.24) is 10.3 Å². The van der Waals surface area contributed by atoms with Gasteiger partial charge >= 0.3 is 0 Å².